The number of nitrogens with one attached hydrogen (secondary N) is 1. The first kappa shape index (κ1) is 16.1. The Kier molecular flexibility index (Phi) is 4.38. The summed E-state index contributed by atoms with van der Waals surface area (Å²) in [5.41, 5.74) is 3.78. The lowest BCUT2D eigenvalue weighted by Crippen LogP contribution is -2.42. The number of carbonyl (C=O) groups excluding carboxylic acids is 1. The van der Waals surface area contributed by atoms with Gasteiger partial charge in [-0.2, -0.15) is 0 Å². The monoisotopic (exact) mass is 334 g/mol. The largest absolute Gasteiger partial charge is 0.379 e. The number of aromatic nitrogens is 1. The Balaban J connectivity index is 1.80. The van der Waals surface area contributed by atoms with Gasteiger partial charge in [0.05, 0.1) is 19.3 Å². The molecule has 128 valence electrons. The van der Waals surface area contributed by atoms with E-state index in [1.54, 1.807) is 0 Å². The molecule has 4 nitrogen and oxygen atoms in total. The summed E-state index contributed by atoms with van der Waals surface area (Å²) < 4.78 is 5.49. The van der Waals surface area contributed by atoms with Crippen LogP contribution in [-0.4, -0.2) is 42.0 Å². The fraction of sp³-hybridized carbons (Fsp3) is 0.286. The van der Waals surface area contributed by atoms with Crippen LogP contribution in [0.4, 0.5) is 0 Å². The number of fused-ring (bicyclic) bond motifs is 1. The summed E-state index contributed by atoms with van der Waals surface area (Å²) >= 11 is 0. The zero-order valence-corrected chi connectivity index (χ0v) is 14.4. The third-order valence-corrected chi connectivity index (χ3v) is 4.91. The third-order valence-electron chi connectivity index (χ3n) is 4.91. The highest BCUT2D eigenvalue weighted by atomic mass is 16.5. The van der Waals surface area contributed by atoms with Crippen LogP contribution in [0.15, 0.2) is 54.6 Å². The van der Waals surface area contributed by atoms with Crippen LogP contribution in [0.5, 0.6) is 0 Å². The number of ether oxygens (including phenoxy) is 1. The number of aromatic amines is 1. The van der Waals surface area contributed by atoms with Gasteiger partial charge in [0.25, 0.3) is 0 Å². The number of nitrogens with zero attached hydrogens (tertiary/aromatic N) is 1. The number of H-pyrrole nitrogens is 1. The van der Waals surface area contributed by atoms with Crippen molar-refractivity contribution in [3.8, 4) is 0 Å². The first-order valence-electron chi connectivity index (χ1n) is 8.74. The molecule has 3 aromatic rings. The first-order valence-corrected chi connectivity index (χ1v) is 8.74. The van der Waals surface area contributed by atoms with E-state index >= 15 is 0 Å². The fourth-order valence-corrected chi connectivity index (χ4v) is 3.73. The number of carbonyl (C=O) groups is 1. The molecule has 1 N–H and O–H groups in total. The van der Waals surface area contributed by atoms with Crippen molar-refractivity contribution in [2.24, 2.45) is 0 Å². The number of rotatable bonds is 4. The number of aryl methyl sites for hydroxylation is 1. The number of hydrogen-bond donors (Lipinski definition) is 1. The van der Waals surface area contributed by atoms with E-state index in [4.69, 9.17) is 4.74 Å². The van der Waals surface area contributed by atoms with E-state index in [2.05, 4.69) is 9.88 Å². The van der Waals surface area contributed by atoms with Crippen molar-refractivity contribution < 1.29 is 9.53 Å². The minimum atomic E-state index is -0.275. The molecule has 0 radical (unpaired) electrons. The number of hydrogen-bond acceptors (Lipinski definition) is 3. The summed E-state index contributed by atoms with van der Waals surface area (Å²) in [5, 5.41) is 0.999. The van der Waals surface area contributed by atoms with E-state index in [-0.39, 0.29) is 11.8 Å². The second-order valence-electron chi connectivity index (χ2n) is 6.50. The van der Waals surface area contributed by atoms with E-state index in [0.717, 1.165) is 40.8 Å². The van der Waals surface area contributed by atoms with Crippen molar-refractivity contribution in [2.45, 2.75) is 13.0 Å². The number of benzene rings is 2. The average Bonchev–Trinajstić information content (AvgIpc) is 2.99. The Hall–Kier alpha value is -2.43. The Morgan fingerprint density at radius 3 is 2.48 bits per heavy atom. The molecule has 1 aliphatic rings. The Morgan fingerprint density at radius 1 is 1.04 bits per heavy atom. The van der Waals surface area contributed by atoms with Crippen LogP contribution in [0, 0.1) is 6.92 Å². The minimum Gasteiger partial charge on any atom is -0.379 e. The zero-order valence-electron chi connectivity index (χ0n) is 14.4. The molecule has 0 spiro atoms. The summed E-state index contributed by atoms with van der Waals surface area (Å²) in [7, 11) is 0. The molecule has 25 heavy (non-hydrogen) atoms. The quantitative estimate of drug-likeness (QED) is 0.740. The van der Waals surface area contributed by atoms with E-state index in [1.165, 1.54) is 0 Å². The number of morpholine rings is 1. The summed E-state index contributed by atoms with van der Waals surface area (Å²) in [4.78, 5) is 19.2. The molecule has 1 aliphatic heterocycles. The van der Waals surface area contributed by atoms with Crippen molar-refractivity contribution in [3.05, 3.63) is 71.4 Å². The molecule has 4 heteroatoms. The maximum absolute atomic E-state index is 13.6. The van der Waals surface area contributed by atoms with E-state index in [0.29, 0.717) is 13.2 Å². The molecule has 0 amide bonds. The van der Waals surface area contributed by atoms with Gasteiger partial charge in [-0.05, 0) is 18.6 Å². The number of ketones is 1. The summed E-state index contributed by atoms with van der Waals surface area (Å²) in [5.74, 6) is 0.156. The van der Waals surface area contributed by atoms with Gasteiger partial charge in [0.15, 0.2) is 5.78 Å². The van der Waals surface area contributed by atoms with Crippen molar-refractivity contribution >= 4 is 16.7 Å². The maximum atomic E-state index is 13.6. The molecule has 1 saturated heterocycles. The van der Waals surface area contributed by atoms with E-state index < -0.39 is 0 Å². The van der Waals surface area contributed by atoms with Gasteiger partial charge < -0.3 is 9.72 Å². The lowest BCUT2D eigenvalue weighted by atomic mass is 9.94. The molecular formula is C21H22N2O2. The Morgan fingerprint density at radius 2 is 1.72 bits per heavy atom. The lowest BCUT2D eigenvalue weighted by Gasteiger charge is -2.34. The van der Waals surface area contributed by atoms with Gasteiger partial charge in [0.1, 0.15) is 0 Å². The predicted molar refractivity (Wildman–Crippen MR) is 98.9 cm³/mol. The normalized spacial score (nSPS) is 16.8. The van der Waals surface area contributed by atoms with Crippen molar-refractivity contribution in [3.63, 3.8) is 0 Å². The fourth-order valence-electron chi connectivity index (χ4n) is 3.73. The van der Waals surface area contributed by atoms with Crippen LogP contribution < -0.4 is 0 Å². The lowest BCUT2D eigenvalue weighted by molar-refractivity contribution is 0.0172. The highest BCUT2D eigenvalue weighted by molar-refractivity contribution is 6.11. The molecule has 0 aliphatic carbocycles. The van der Waals surface area contributed by atoms with Crippen LogP contribution in [0.3, 0.4) is 0 Å². The molecular weight excluding hydrogens is 312 g/mol. The molecule has 2 heterocycles. The van der Waals surface area contributed by atoms with E-state index in [9.17, 15) is 4.79 Å². The molecule has 1 aromatic heterocycles. The smallest absolute Gasteiger partial charge is 0.186 e. The molecule has 1 unspecified atom stereocenters. The van der Waals surface area contributed by atoms with Crippen molar-refractivity contribution in [1.82, 2.24) is 9.88 Å². The molecule has 2 aromatic carbocycles. The van der Waals surface area contributed by atoms with Crippen LogP contribution in [0.25, 0.3) is 10.9 Å². The van der Waals surface area contributed by atoms with Crippen LogP contribution in [0.2, 0.25) is 0 Å². The van der Waals surface area contributed by atoms with Gasteiger partial charge in [-0.3, -0.25) is 9.69 Å². The van der Waals surface area contributed by atoms with Crippen LogP contribution in [-0.2, 0) is 4.74 Å². The summed E-state index contributed by atoms with van der Waals surface area (Å²) in [6.07, 6.45) is 0. The van der Waals surface area contributed by atoms with Crippen molar-refractivity contribution in [2.75, 3.05) is 26.3 Å². The number of para-hydroxylation sites is 1. The Bertz CT molecular complexity index is 879. The van der Waals surface area contributed by atoms with E-state index in [1.807, 2.05) is 61.5 Å². The molecule has 1 fully saturated rings. The number of Topliss-reactive ketones (excluding diaryl/α,β-unsaturated/α-hetero) is 1. The second kappa shape index (κ2) is 6.82. The Labute approximate surface area is 147 Å². The minimum absolute atomic E-state index is 0.156. The van der Waals surface area contributed by atoms with Crippen LogP contribution in [0.1, 0.15) is 27.7 Å². The molecule has 0 saturated carbocycles. The highest BCUT2D eigenvalue weighted by Crippen LogP contribution is 2.31. The van der Waals surface area contributed by atoms with Gasteiger partial charge in [-0.15, -0.1) is 0 Å². The van der Waals surface area contributed by atoms with Gasteiger partial charge in [0, 0.05) is 35.2 Å². The highest BCUT2D eigenvalue weighted by Gasteiger charge is 2.32. The average molecular weight is 334 g/mol. The SMILES string of the molecule is Cc1[nH]c2ccccc2c1C(=O)C(c1ccccc1)N1CCOCC1. The topological polar surface area (TPSA) is 45.3 Å². The van der Waals surface area contributed by atoms with Crippen LogP contribution >= 0.6 is 0 Å². The zero-order chi connectivity index (χ0) is 17.2. The summed E-state index contributed by atoms with van der Waals surface area (Å²) in [6, 6.07) is 17.8. The predicted octanol–water partition coefficient (Wildman–Crippen LogP) is 3.73. The molecule has 4 rings (SSSR count). The standard InChI is InChI=1S/C21H22N2O2/c1-15-19(17-9-5-6-10-18(17)22-15)21(24)20(16-7-3-2-4-8-16)23-11-13-25-14-12-23/h2-10,20,22H,11-14H2,1H3. The van der Waals surface area contributed by atoms with Gasteiger partial charge in [0.2, 0.25) is 0 Å². The maximum Gasteiger partial charge on any atom is 0.186 e. The van der Waals surface area contributed by atoms with Gasteiger partial charge in [-0.25, -0.2) is 0 Å². The van der Waals surface area contributed by atoms with Crippen molar-refractivity contribution in [1.29, 1.82) is 0 Å². The first-order chi connectivity index (χ1) is 12.3. The summed E-state index contributed by atoms with van der Waals surface area (Å²) in [6.45, 7) is 4.86. The molecule has 0 bridgehead atoms. The third kappa shape index (κ3) is 2.99. The second-order valence-corrected chi connectivity index (χ2v) is 6.50. The van der Waals surface area contributed by atoms with Gasteiger partial charge in [-0.1, -0.05) is 48.5 Å². The van der Waals surface area contributed by atoms with Gasteiger partial charge >= 0.3 is 0 Å². The molecule has 1 atom stereocenters.